The van der Waals surface area contributed by atoms with Crippen molar-refractivity contribution in [3.63, 3.8) is 0 Å². The molecule has 1 aromatic carbocycles. The second-order valence-corrected chi connectivity index (χ2v) is 5.78. The normalized spacial score (nSPS) is 16.9. The van der Waals surface area contributed by atoms with Crippen LogP contribution in [0.3, 0.4) is 0 Å². The van der Waals surface area contributed by atoms with Crippen LogP contribution in [0.25, 0.3) is 0 Å². The van der Waals surface area contributed by atoms with Crippen LogP contribution >= 0.6 is 27.5 Å². The Labute approximate surface area is 111 Å². The van der Waals surface area contributed by atoms with Gasteiger partial charge in [0.05, 0.1) is 5.60 Å². The van der Waals surface area contributed by atoms with Crippen molar-refractivity contribution in [2.45, 2.75) is 39.2 Å². The van der Waals surface area contributed by atoms with Gasteiger partial charge >= 0.3 is 0 Å². The molecule has 0 aliphatic carbocycles. The van der Waals surface area contributed by atoms with Gasteiger partial charge < -0.3 is 5.11 Å². The zero-order valence-electron chi connectivity index (χ0n) is 9.93. The predicted molar refractivity (Wildman–Crippen MR) is 72.8 cm³/mol. The molecule has 2 unspecified atom stereocenters. The molecule has 0 aromatic heterocycles. The SMILES string of the molecule is CCCC(C)C(C)(O)c1ccc(Br)cc1Cl. The Morgan fingerprint density at radius 3 is 2.62 bits per heavy atom. The van der Waals surface area contributed by atoms with Crippen LogP contribution in [0.15, 0.2) is 22.7 Å². The molecule has 1 rings (SSSR count). The van der Waals surface area contributed by atoms with E-state index in [-0.39, 0.29) is 5.92 Å². The summed E-state index contributed by atoms with van der Waals surface area (Å²) in [5, 5.41) is 11.2. The summed E-state index contributed by atoms with van der Waals surface area (Å²) < 4.78 is 0.931. The quantitative estimate of drug-likeness (QED) is 0.851. The molecule has 0 saturated heterocycles. The molecule has 0 amide bonds. The van der Waals surface area contributed by atoms with Crippen molar-refractivity contribution >= 4 is 27.5 Å². The van der Waals surface area contributed by atoms with Crippen LogP contribution in [0.1, 0.15) is 39.2 Å². The summed E-state index contributed by atoms with van der Waals surface area (Å²) >= 11 is 9.53. The van der Waals surface area contributed by atoms with Crippen molar-refractivity contribution in [1.82, 2.24) is 0 Å². The Bertz CT molecular complexity index is 363. The summed E-state index contributed by atoms with van der Waals surface area (Å²) in [6, 6.07) is 5.62. The van der Waals surface area contributed by atoms with Crippen molar-refractivity contribution < 1.29 is 5.11 Å². The molecule has 0 radical (unpaired) electrons. The molecule has 0 saturated carbocycles. The molecule has 0 bridgehead atoms. The van der Waals surface area contributed by atoms with E-state index in [0.29, 0.717) is 5.02 Å². The van der Waals surface area contributed by atoms with Gasteiger partial charge in [-0.05, 0) is 31.4 Å². The predicted octanol–water partition coefficient (Wildman–Crippen LogP) is 4.75. The maximum atomic E-state index is 10.6. The van der Waals surface area contributed by atoms with E-state index in [0.717, 1.165) is 22.9 Å². The van der Waals surface area contributed by atoms with Crippen molar-refractivity contribution in [3.8, 4) is 0 Å². The number of rotatable bonds is 4. The van der Waals surface area contributed by atoms with E-state index in [1.165, 1.54) is 0 Å². The van der Waals surface area contributed by atoms with Gasteiger partial charge in [-0.25, -0.2) is 0 Å². The molecule has 90 valence electrons. The largest absolute Gasteiger partial charge is 0.385 e. The monoisotopic (exact) mass is 304 g/mol. The van der Waals surface area contributed by atoms with Crippen LogP contribution in [0.4, 0.5) is 0 Å². The van der Waals surface area contributed by atoms with Gasteiger partial charge in [-0.3, -0.25) is 0 Å². The number of benzene rings is 1. The van der Waals surface area contributed by atoms with Crippen molar-refractivity contribution in [1.29, 1.82) is 0 Å². The van der Waals surface area contributed by atoms with E-state index in [1.54, 1.807) is 0 Å². The fraction of sp³-hybridized carbons (Fsp3) is 0.538. The topological polar surface area (TPSA) is 20.2 Å². The lowest BCUT2D eigenvalue weighted by Gasteiger charge is -2.31. The molecule has 0 aliphatic heterocycles. The Kier molecular flexibility index (Phi) is 4.84. The number of aliphatic hydroxyl groups is 1. The van der Waals surface area contributed by atoms with Crippen LogP contribution in [-0.2, 0) is 5.60 Å². The van der Waals surface area contributed by atoms with Gasteiger partial charge in [0.15, 0.2) is 0 Å². The molecule has 0 aliphatic rings. The average molecular weight is 306 g/mol. The minimum absolute atomic E-state index is 0.191. The lowest BCUT2D eigenvalue weighted by Crippen LogP contribution is -2.30. The van der Waals surface area contributed by atoms with Crippen LogP contribution in [0.2, 0.25) is 5.02 Å². The highest BCUT2D eigenvalue weighted by Gasteiger charge is 2.31. The fourth-order valence-electron chi connectivity index (χ4n) is 1.88. The highest BCUT2D eigenvalue weighted by Crippen LogP contribution is 2.37. The van der Waals surface area contributed by atoms with E-state index in [9.17, 15) is 5.11 Å². The second kappa shape index (κ2) is 5.52. The highest BCUT2D eigenvalue weighted by atomic mass is 79.9. The summed E-state index contributed by atoms with van der Waals surface area (Å²) in [7, 11) is 0. The third kappa shape index (κ3) is 2.99. The average Bonchev–Trinajstić information content (AvgIpc) is 2.17. The summed E-state index contributed by atoms with van der Waals surface area (Å²) in [6.07, 6.45) is 2.05. The molecular formula is C13H18BrClO. The lowest BCUT2D eigenvalue weighted by atomic mass is 9.81. The van der Waals surface area contributed by atoms with Crippen LogP contribution < -0.4 is 0 Å². The maximum Gasteiger partial charge on any atom is 0.0908 e. The number of hydrogen-bond donors (Lipinski definition) is 1. The van der Waals surface area contributed by atoms with Crippen LogP contribution in [-0.4, -0.2) is 5.11 Å². The Morgan fingerprint density at radius 2 is 2.12 bits per heavy atom. The zero-order valence-corrected chi connectivity index (χ0v) is 12.3. The minimum Gasteiger partial charge on any atom is -0.385 e. The molecule has 0 spiro atoms. The van der Waals surface area contributed by atoms with Gasteiger partial charge in [0, 0.05) is 15.1 Å². The van der Waals surface area contributed by atoms with Gasteiger partial charge in [-0.1, -0.05) is 53.9 Å². The number of halogens is 2. The van der Waals surface area contributed by atoms with Crippen molar-refractivity contribution in [3.05, 3.63) is 33.3 Å². The molecule has 1 aromatic rings. The third-order valence-electron chi connectivity index (χ3n) is 3.16. The Balaban J connectivity index is 3.06. The van der Waals surface area contributed by atoms with Gasteiger partial charge in [-0.2, -0.15) is 0 Å². The lowest BCUT2D eigenvalue weighted by molar-refractivity contribution is -0.00210. The first-order valence-electron chi connectivity index (χ1n) is 5.57. The van der Waals surface area contributed by atoms with Gasteiger partial charge in [0.2, 0.25) is 0 Å². The van der Waals surface area contributed by atoms with E-state index in [2.05, 4.69) is 29.8 Å². The summed E-state index contributed by atoms with van der Waals surface area (Å²) in [5.74, 6) is 0.191. The van der Waals surface area contributed by atoms with Gasteiger partial charge in [0.25, 0.3) is 0 Å². The minimum atomic E-state index is -0.867. The summed E-state index contributed by atoms with van der Waals surface area (Å²) in [4.78, 5) is 0. The zero-order chi connectivity index (χ0) is 12.3. The van der Waals surface area contributed by atoms with E-state index in [4.69, 9.17) is 11.6 Å². The van der Waals surface area contributed by atoms with Gasteiger partial charge in [-0.15, -0.1) is 0 Å². The first-order valence-corrected chi connectivity index (χ1v) is 6.74. The van der Waals surface area contributed by atoms with Crippen LogP contribution in [0, 0.1) is 5.92 Å². The second-order valence-electron chi connectivity index (χ2n) is 4.46. The first-order chi connectivity index (χ1) is 7.39. The number of hydrogen-bond acceptors (Lipinski definition) is 1. The molecule has 2 atom stereocenters. The Hall–Kier alpha value is -0.0500. The third-order valence-corrected chi connectivity index (χ3v) is 3.96. The Morgan fingerprint density at radius 1 is 1.50 bits per heavy atom. The molecule has 0 fully saturated rings. The molecule has 16 heavy (non-hydrogen) atoms. The molecule has 1 nitrogen and oxygen atoms in total. The molecule has 0 heterocycles. The standard InChI is InChI=1S/C13H18BrClO/c1-4-5-9(2)13(3,16)11-7-6-10(14)8-12(11)15/h6-9,16H,4-5H2,1-3H3. The van der Waals surface area contributed by atoms with Crippen molar-refractivity contribution in [2.24, 2.45) is 5.92 Å². The van der Waals surface area contributed by atoms with Crippen molar-refractivity contribution in [2.75, 3.05) is 0 Å². The van der Waals surface area contributed by atoms with E-state index >= 15 is 0 Å². The van der Waals surface area contributed by atoms with E-state index < -0.39 is 5.60 Å². The molecule has 3 heteroatoms. The fourth-order valence-corrected chi connectivity index (χ4v) is 2.74. The first kappa shape index (κ1) is 14.0. The van der Waals surface area contributed by atoms with E-state index in [1.807, 2.05) is 25.1 Å². The molecular weight excluding hydrogens is 287 g/mol. The smallest absolute Gasteiger partial charge is 0.0908 e. The highest BCUT2D eigenvalue weighted by molar-refractivity contribution is 9.10. The summed E-state index contributed by atoms with van der Waals surface area (Å²) in [6.45, 7) is 6.01. The summed E-state index contributed by atoms with van der Waals surface area (Å²) in [5.41, 5.74) is -0.0633. The molecule has 1 N–H and O–H groups in total. The maximum absolute atomic E-state index is 10.6. The van der Waals surface area contributed by atoms with Gasteiger partial charge in [0.1, 0.15) is 0 Å². The van der Waals surface area contributed by atoms with Crippen LogP contribution in [0.5, 0.6) is 0 Å².